The molecule has 1 atom stereocenters. The Labute approximate surface area is 184 Å². The first kappa shape index (κ1) is 21.6. The van der Waals surface area contributed by atoms with Crippen LogP contribution in [0.3, 0.4) is 0 Å². The zero-order valence-electron chi connectivity index (χ0n) is 17.7. The second-order valence-corrected chi connectivity index (χ2v) is 7.70. The van der Waals surface area contributed by atoms with Crippen molar-refractivity contribution >= 4 is 28.9 Å². The summed E-state index contributed by atoms with van der Waals surface area (Å²) >= 11 is 0. The molecule has 0 spiro atoms. The number of nitro groups is 1. The molecule has 2 aromatic carbocycles. The summed E-state index contributed by atoms with van der Waals surface area (Å²) in [7, 11) is 0. The molecule has 2 heterocycles. The van der Waals surface area contributed by atoms with Crippen LogP contribution in [0.1, 0.15) is 5.56 Å². The highest BCUT2D eigenvalue weighted by atomic mass is 16.6. The molecule has 168 valence electrons. The summed E-state index contributed by atoms with van der Waals surface area (Å²) in [5, 5.41) is 13.8. The fourth-order valence-electron chi connectivity index (χ4n) is 3.79. The van der Waals surface area contributed by atoms with Crippen LogP contribution in [-0.2, 0) is 14.3 Å². The maximum Gasteiger partial charge on any atom is 0.271 e. The molecule has 1 fully saturated rings. The van der Waals surface area contributed by atoms with E-state index in [9.17, 15) is 19.7 Å². The van der Waals surface area contributed by atoms with Crippen LogP contribution in [0.4, 0.5) is 17.1 Å². The van der Waals surface area contributed by atoms with E-state index in [0.29, 0.717) is 49.0 Å². The number of hydrogen-bond donors (Lipinski definition) is 1. The predicted molar refractivity (Wildman–Crippen MR) is 117 cm³/mol. The van der Waals surface area contributed by atoms with Gasteiger partial charge in [0.05, 0.1) is 42.6 Å². The molecule has 0 aromatic heterocycles. The number of amides is 2. The SMILES string of the molecule is Cc1ccc([N+](=O)[O-])cc1NC(=O)CN1CC(C(=O)N2CCOCC2)Oc2ccccc21. The van der Waals surface area contributed by atoms with Crippen LogP contribution < -0.4 is 15.0 Å². The number of ether oxygens (including phenoxy) is 2. The van der Waals surface area contributed by atoms with Crippen LogP contribution in [0, 0.1) is 17.0 Å². The standard InChI is InChI=1S/C22H24N4O6/c1-15-6-7-16(26(29)30)12-17(15)23-21(27)14-25-13-20(22(28)24-8-10-31-11-9-24)32-19-5-3-2-4-18(19)25/h2-7,12,20H,8-11,13-14H2,1H3,(H,23,27). The van der Waals surface area contributed by atoms with Gasteiger partial charge >= 0.3 is 0 Å². The number of hydrogen-bond acceptors (Lipinski definition) is 7. The van der Waals surface area contributed by atoms with E-state index in [-0.39, 0.29) is 30.6 Å². The first-order valence-corrected chi connectivity index (χ1v) is 10.3. The van der Waals surface area contributed by atoms with Gasteiger partial charge in [0, 0.05) is 25.2 Å². The Morgan fingerprint density at radius 2 is 1.94 bits per heavy atom. The Bertz CT molecular complexity index is 1040. The van der Waals surface area contributed by atoms with Crippen molar-refractivity contribution in [2.75, 3.05) is 49.6 Å². The van der Waals surface area contributed by atoms with Crippen LogP contribution >= 0.6 is 0 Å². The monoisotopic (exact) mass is 440 g/mol. The molecule has 4 rings (SSSR count). The molecular weight excluding hydrogens is 416 g/mol. The van der Waals surface area contributed by atoms with Gasteiger partial charge < -0.3 is 24.6 Å². The molecule has 32 heavy (non-hydrogen) atoms. The third-order valence-corrected chi connectivity index (χ3v) is 5.50. The lowest BCUT2D eigenvalue weighted by Gasteiger charge is -2.38. The third-order valence-electron chi connectivity index (χ3n) is 5.50. The number of carbonyl (C=O) groups excluding carboxylic acids is 2. The van der Waals surface area contributed by atoms with Gasteiger partial charge in [0.1, 0.15) is 5.75 Å². The first-order chi connectivity index (χ1) is 15.4. The number of aryl methyl sites for hydroxylation is 1. The topological polar surface area (TPSA) is 114 Å². The first-order valence-electron chi connectivity index (χ1n) is 10.3. The molecule has 2 aromatic rings. The number of rotatable bonds is 5. The molecular formula is C22H24N4O6. The molecule has 0 aliphatic carbocycles. The summed E-state index contributed by atoms with van der Waals surface area (Å²) in [5.41, 5.74) is 1.71. The fourth-order valence-corrected chi connectivity index (χ4v) is 3.79. The van der Waals surface area contributed by atoms with Crippen molar-refractivity contribution in [1.82, 2.24) is 4.90 Å². The Morgan fingerprint density at radius 1 is 1.19 bits per heavy atom. The number of morpholine rings is 1. The molecule has 0 bridgehead atoms. The van der Waals surface area contributed by atoms with Crippen LogP contribution in [0.15, 0.2) is 42.5 Å². The van der Waals surface area contributed by atoms with Gasteiger partial charge in [-0.25, -0.2) is 0 Å². The maximum absolute atomic E-state index is 13.0. The molecule has 0 radical (unpaired) electrons. The van der Waals surface area contributed by atoms with E-state index in [2.05, 4.69) is 5.32 Å². The van der Waals surface area contributed by atoms with Gasteiger partial charge in [-0.05, 0) is 24.6 Å². The average molecular weight is 440 g/mol. The van der Waals surface area contributed by atoms with Crippen molar-refractivity contribution in [3.8, 4) is 5.75 Å². The van der Waals surface area contributed by atoms with E-state index in [4.69, 9.17) is 9.47 Å². The highest BCUT2D eigenvalue weighted by Gasteiger charge is 2.34. The normalized spacial score (nSPS) is 17.8. The van der Waals surface area contributed by atoms with Gasteiger partial charge in [0.25, 0.3) is 11.6 Å². The highest BCUT2D eigenvalue weighted by Crippen LogP contribution is 2.33. The van der Waals surface area contributed by atoms with Gasteiger partial charge in [0.15, 0.2) is 6.10 Å². The second kappa shape index (κ2) is 9.23. The van der Waals surface area contributed by atoms with Gasteiger partial charge in [-0.15, -0.1) is 0 Å². The van der Waals surface area contributed by atoms with Crippen LogP contribution in [0.25, 0.3) is 0 Å². The zero-order valence-corrected chi connectivity index (χ0v) is 17.7. The summed E-state index contributed by atoms with van der Waals surface area (Å²) in [6.45, 7) is 3.94. The zero-order chi connectivity index (χ0) is 22.7. The minimum atomic E-state index is -0.740. The third kappa shape index (κ3) is 4.65. The molecule has 10 nitrogen and oxygen atoms in total. The minimum absolute atomic E-state index is 0.0323. The smallest absolute Gasteiger partial charge is 0.271 e. The van der Waals surface area contributed by atoms with Crippen LogP contribution in [0.2, 0.25) is 0 Å². The molecule has 2 aliphatic rings. The molecule has 2 amide bonds. The van der Waals surface area contributed by atoms with Gasteiger partial charge in [0.2, 0.25) is 5.91 Å². The number of nitrogens with zero attached hydrogens (tertiary/aromatic N) is 3. The van der Waals surface area contributed by atoms with E-state index < -0.39 is 11.0 Å². The van der Waals surface area contributed by atoms with E-state index in [1.807, 2.05) is 18.2 Å². The maximum atomic E-state index is 13.0. The second-order valence-electron chi connectivity index (χ2n) is 7.70. The summed E-state index contributed by atoms with van der Waals surface area (Å²) in [6, 6.07) is 11.6. The Hall–Kier alpha value is -3.66. The van der Waals surface area contributed by atoms with E-state index in [0.717, 1.165) is 0 Å². The number of non-ortho nitro benzene ring substituents is 1. The summed E-state index contributed by atoms with van der Waals surface area (Å²) in [6.07, 6.45) is -0.740. The summed E-state index contributed by atoms with van der Waals surface area (Å²) in [5.74, 6) is 0.0512. The molecule has 10 heteroatoms. The largest absolute Gasteiger partial charge is 0.477 e. The fraction of sp³-hybridized carbons (Fsp3) is 0.364. The lowest BCUT2D eigenvalue weighted by Crippen LogP contribution is -2.53. The number of benzene rings is 2. The van der Waals surface area contributed by atoms with Crippen molar-refractivity contribution in [2.45, 2.75) is 13.0 Å². The number of nitro benzene ring substituents is 1. The Kier molecular flexibility index (Phi) is 6.22. The lowest BCUT2D eigenvalue weighted by atomic mass is 10.1. The quantitative estimate of drug-likeness (QED) is 0.558. The number of fused-ring (bicyclic) bond motifs is 1. The average Bonchev–Trinajstić information content (AvgIpc) is 2.80. The van der Waals surface area contributed by atoms with Crippen LogP contribution in [-0.4, -0.2) is 67.1 Å². The predicted octanol–water partition coefficient (Wildman–Crippen LogP) is 1.97. The summed E-state index contributed by atoms with van der Waals surface area (Å²) in [4.78, 5) is 39.9. The van der Waals surface area contributed by atoms with E-state index in [1.54, 1.807) is 28.9 Å². The Balaban J connectivity index is 1.50. The van der Waals surface area contributed by atoms with Gasteiger partial charge in [-0.2, -0.15) is 0 Å². The van der Waals surface area contributed by atoms with Crippen molar-refractivity contribution in [3.63, 3.8) is 0 Å². The molecule has 1 saturated heterocycles. The highest BCUT2D eigenvalue weighted by molar-refractivity contribution is 5.95. The molecule has 0 saturated carbocycles. The van der Waals surface area contributed by atoms with E-state index in [1.165, 1.54) is 12.1 Å². The Morgan fingerprint density at radius 3 is 2.69 bits per heavy atom. The van der Waals surface area contributed by atoms with Crippen molar-refractivity contribution < 1.29 is 24.0 Å². The van der Waals surface area contributed by atoms with Crippen LogP contribution in [0.5, 0.6) is 5.75 Å². The number of nitrogens with one attached hydrogen (secondary N) is 1. The number of anilines is 2. The minimum Gasteiger partial charge on any atom is -0.477 e. The van der Waals surface area contributed by atoms with Crippen molar-refractivity contribution in [2.24, 2.45) is 0 Å². The van der Waals surface area contributed by atoms with Crippen molar-refractivity contribution in [1.29, 1.82) is 0 Å². The van der Waals surface area contributed by atoms with Gasteiger partial charge in [-0.3, -0.25) is 19.7 Å². The van der Waals surface area contributed by atoms with E-state index >= 15 is 0 Å². The number of para-hydroxylation sites is 2. The lowest BCUT2D eigenvalue weighted by molar-refractivity contribution is -0.384. The van der Waals surface area contributed by atoms with Crippen molar-refractivity contribution in [3.05, 3.63) is 58.1 Å². The van der Waals surface area contributed by atoms with Gasteiger partial charge in [-0.1, -0.05) is 18.2 Å². The molecule has 2 aliphatic heterocycles. The molecule has 1 unspecified atom stereocenters. The summed E-state index contributed by atoms with van der Waals surface area (Å²) < 4.78 is 11.3. The molecule has 1 N–H and O–H groups in total. The number of carbonyl (C=O) groups is 2.